The second-order valence-corrected chi connectivity index (χ2v) is 5.86. The van der Waals surface area contributed by atoms with Crippen molar-refractivity contribution in [3.63, 3.8) is 0 Å². The molecule has 0 aliphatic carbocycles. The molecule has 2 aliphatic heterocycles. The van der Waals surface area contributed by atoms with Crippen LogP contribution in [0, 0.1) is 23.0 Å². The maximum Gasteiger partial charge on any atom is 0.231 e. The van der Waals surface area contributed by atoms with Gasteiger partial charge in [-0.05, 0) is 42.7 Å². The average molecular weight is 328 g/mol. The topological polar surface area (TPSA) is 45.5 Å². The minimum absolute atomic E-state index is 0.0208. The number of fused-ring (bicyclic) bond motifs is 1. The van der Waals surface area contributed by atoms with E-state index in [4.69, 9.17) is 14.7 Å². The van der Waals surface area contributed by atoms with Crippen molar-refractivity contribution in [1.29, 1.82) is 5.26 Å². The predicted molar refractivity (Wildman–Crippen MR) is 83.0 cm³/mol. The Bertz CT molecular complexity index is 824. The van der Waals surface area contributed by atoms with E-state index >= 15 is 0 Å². The van der Waals surface area contributed by atoms with Crippen LogP contribution < -0.4 is 14.4 Å². The van der Waals surface area contributed by atoms with Crippen molar-refractivity contribution in [1.82, 2.24) is 0 Å². The van der Waals surface area contributed by atoms with Gasteiger partial charge in [0.1, 0.15) is 5.69 Å². The maximum atomic E-state index is 14.4. The Morgan fingerprint density at radius 2 is 1.83 bits per heavy atom. The molecule has 1 atom stereocenters. The molecule has 0 unspecified atom stereocenters. The van der Waals surface area contributed by atoms with Crippen LogP contribution in [0.1, 0.15) is 30.0 Å². The predicted octanol–water partition coefficient (Wildman–Crippen LogP) is 3.91. The van der Waals surface area contributed by atoms with E-state index in [1.54, 1.807) is 11.0 Å². The smallest absolute Gasteiger partial charge is 0.231 e. The third-order valence-electron chi connectivity index (χ3n) is 4.47. The van der Waals surface area contributed by atoms with Crippen LogP contribution in [-0.2, 0) is 0 Å². The summed E-state index contributed by atoms with van der Waals surface area (Å²) in [6, 6.07) is 9.36. The third-order valence-corrected chi connectivity index (χ3v) is 4.47. The minimum Gasteiger partial charge on any atom is -0.454 e. The van der Waals surface area contributed by atoms with Crippen LogP contribution >= 0.6 is 0 Å². The first-order valence-electron chi connectivity index (χ1n) is 7.72. The molecule has 4 rings (SSSR count). The molecule has 0 N–H and O–H groups in total. The van der Waals surface area contributed by atoms with Gasteiger partial charge >= 0.3 is 0 Å². The normalized spacial score (nSPS) is 18.7. The first-order valence-corrected chi connectivity index (χ1v) is 7.72. The largest absolute Gasteiger partial charge is 0.454 e. The molecule has 2 heterocycles. The molecule has 122 valence electrons. The van der Waals surface area contributed by atoms with E-state index in [1.807, 2.05) is 18.2 Å². The molecular formula is C18H14F2N2O2. The molecular weight excluding hydrogens is 314 g/mol. The first kappa shape index (κ1) is 14.8. The van der Waals surface area contributed by atoms with E-state index in [2.05, 4.69) is 0 Å². The highest BCUT2D eigenvalue weighted by atomic mass is 19.1. The van der Waals surface area contributed by atoms with Gasteiger partial charge in [-0.25, -0.2) is 8.78 Å². The summed E-state index contributed by atoms with van der Waals surface area (Å²) < 4.78 is 39.5. The van der Waals surface area contributed by atoms with Gasteiger partial charge < -0.3 is 14.4 Å². The number of nitriles is 1. The van der Waals surface area contributed by atoms with Crippen molar-refractivity contribution in [3.8, 4) is 17.6 Å². The van der Waals surface area contributed by atoms with Crippen molar-refractivity contribution in [3.05, 3.63) is 53.1 Å². The fraction of sp³-hybridized carbons (Fsp3) is 0.278. The molecule has 2 aromatic carbocycles. The Hall–Kier alpha value is -2.81. The van der Waals surface area contributed by atoms with Gasteiger partial charge in [0.15, 0.2) is 23.1 Å². The van der Waals surface area contributed by atoms with Crippen LogP contribution in [0.5, 0.6) is 11.5 Å². The quantitative estimate of drug-likeness (QED) is 0.838. The molecule has 0 saturated carbocycles. The van der Waals surface area contributed by atoms with Crippen LogP contribution in [0.3, 0.4) is 0 Å². The summed E-state index contributed by atoms with van der Waals surface area (Å²) in [6.07, 6.45) is 1.62. The molecule has 24 heavy (non-hydrogen) atoms. The Morgan fingerprint density at radius 1 is 1.08 bits per heavy atom. The maximum absolute atomic E-state index is 14.4. The fourth-order valence-electron chi connectivity index (χ4n) is 3.41. The number of hydrogen-bond acceptors (Lipinski definition) is 4. The second kappa shape index (κ2) is 5.68. The van der Waals surface area contributed by atoms with E-state index in [9.17, 15) is 8.78 Å². The third kappa shape index (κ3) is 2.33. The number of nitrogens with zero attached hydrogens (tertiary/aromatic N) is 2. The Balaban J connectivity index is 1.72. The van der Waals surface area contributed by atoms with Crippen molar-refractivity contribution in [2.45, 2.75) is 18.9 Å². The Labute approximate surface area is 137 Å². The molecule has 4 nitrogen and oxygen atoms in total. The van der Waals surface area contributed by atoms with Gasteiger partial charge in [0, 0.05) is 6.54 Å². The first-order chi connectivity index (χ1) is 11.7. The number of rotatable bonds is 2. The highest BCUT2D eigenvalue weighted by molar-refractivity contribution is 5.56. The van der Waals surface area contributed by atoms with E-state index in [-0.39, 0.29) is 24.1 Å². The number of hydrogen-bond donors (Lipinski definition) is 0. The summed E-state index contributed by atoms with van der Waals surface area (Å²) >= 11 is 0. The van der Waals surface area contributed by atoms with Gasteiger partial charge in [0.25, 0.3) is 0 Å². The van der Waals surface area contributed by atoms with Crippen LogP contribution in [-0.4, -0.2) is 13.3 Å². The zero-order valence-corrected chi connectivity index (χ0v) is 12.8. The Morgan fingerprint density at radius 3 is 2.58 bits per heavy atom. The van der Waals surface area contributed by atoms with Crippen molar-refractivity contribution >= 4 is 5.69 Å². The fourth-order valence-corrected chi connectivity index (χ4v) is 3.41. The summed E-state index contributed by atoms with van der Waals surface area (Å²) in [7, 11) is 0. The van der Waals surface area contributed by atoms with Gasteiger partial charge in [0.05, 0.1) is 17.7 Å². The van der Waals surface area contributed by atoms with Crippen molar-refractivity contribution < 1.29 is 18.3 Å². The second-order valence-electron chi connectivity index (χ2n) is 5.86. The molecule has 0 aromatic heterocycles. The lowest BCUT2D eigenvalue weighted by Gasteiger charge is -2.28. The summed E-state index contributed by atoms with van der Waals surface area (Å²) in [5.41, 5.74) is 0.835. The number of ether oxygens (including phenoxy) is 2. The molecule has 0 bridgehead atoms. The molecule has 2 aliphatic rings. The minimum atomic E-state index is -0.709. The van der Waals surface area contributed by atoms with E-state index in [0.717, 1.165) is 30.5 Å². The highest BCUT2D eigenvalue weighted by Crippen LogP contribution is 2.42. The zero-order chi connectivity index (χ0) is 16.7. The molecule has 0 spiro atoms. The van der Waals surface area contributed by atoms with Gasteiger partial charge in [-0.3, -0.25) is 0 Å². The molecule has 2 aromatic rings. The molecule has 1 fully saturated rings. The zero-order valence-electron chi connectivity index (χ0n) is 12.8. The van der Waals surface area contributed by atoms with Crippen molar-refractivity contribution in [2.75, 3.05) is 18.2 Å². The lowest BCUT2D eigenvalue weighted by Crippen LogP contribution is -2.24. The SMILES string of the molecule is N#Cc1cc(F)c(N2CCC[C@@H]2c2ccc3c(c2)OCO3)c(F)c1. The van der Waals surface area contributed by atoms with Crippen LogP contribution in [0.4, 0.5) is 14.5 Å². The van der Waals surface area contributed by atoms with Crippen LogP contribution in [0.25, 0.3) is 0 Å². The molecule has 0 radical (unpaired) electrons. The summed E-state index contributed by atoms with van der Waals surface area (Å²) in [5, 5.41) is 8.84. The number of benzene rings is 2. The lowest BCUT2D eigenvalue weighted by molar-refractivity contribution is 0.174. The summed E-state index contributed by atoms with van der Waals surface area (Å²) in [6.45, 7) is 0.741. The van der Waals surface area contributed by atoms with Crippen LogP contribution in [0.2, 0.25) is 0 Å². The van der Waals surface area contributed by atoms with Crippen LogP contribution in [0.15, 0.2) is 30.3 Å². The van der Waals surface area contributed by atoms with E-state index in [0.29, 0.717) is 18.0 Å². The average Bonchev–Trinajstić information content (AvgIpc) is 3.22. The van der Waals surface area contributed by atoms with E-state index in [1.165, 1.54) is 0 Å². The monoisotopic (exact) mass is 328 g/mol. The van der Waals surface area contributed by atoms with Gasteiger partial charge in [-0.15, -0.1) is 0 Å². The summed E-state index contributed by atoms with van der Waals surface area (Å²) in [5.74, 6) is -0.0856. The number of anilines is 1. The van der Waals surface area contributed by atoms with E-state index < -0.39 is 11.6 Å². The van der Waals surface area contributed by atoms with Gasteiger partial charge in [-0.2, -0.15) is 5.26 Å². The van der Waals surface area contributed by atoms with Gasteiger partial charge in [0.2, 0.25) is 6.79 Å². The van der Waals surface area contributed by atoms with Crippen molar-refractivity contribution in [2.24, 2.45) is 0 Å². The Kier molecular flexibility index (Phi) is 3.49. The molecule has 0 amide bonds. The molecule has 6 heteroatoms. The number of halogens is 2. The molecule has 1 saturated heterocycles. The van der Waals surface area contributed by atoms with Gasteiger partial charge in [-0.1, -0.05) is 6.07 Å². The lowest BCUT2D eigenvalue weighted by atomic mass is 10.0. The standard InChI is InChI=1S/C18H14F2N2O2/c19-13-6-11(9-21)7-14(20)18(13)22-5-1-2-15(22)12-3-4-16-17(8-12)24-10-23-16/h3-4,6-8,15H,1-2,5,10H2/t15-/m1/s1. The highest BCUT2D eigenvalue weighted by Gasteiger charge is 2.31. The summed E-state index contributed by atoms with van der Waals surface area (Å²) in [4.78, 5) is 1.73.